The van der Waals surface area contributed by atoms with Crippen LogP contribution in [0.25, 0.3) is 11.3 Å². The number of nitrogens with zero attached hydrogens (tertiary/aromatic N) is 2. The molecule has 0 aliphatic carbocycles. The summed E-state index contributed by atoms with van der Waals surface area (Å²) < 4.78 is 9.54. The number of rotatable bonds is 14. The summed E-state index contributed by atoms with van der Waals surface area (Å²) in [7, 11) is 2.44. The standard InChI is InChI=1S/C38H52N6O7/c1-37(2,3)31(41-35(48)50-7)33(46)40-29(22-25-14-10-9-11-15-25)30(45)24-44(43-34(47)32(38(4,5)6)42-36(49)51-8)23-26-17-19-27(20-18-26)28-16-12-13-21-39-28/h9-21,29-32,45H,22-24H2,1-8H3,(H,40,46)(H,41,48)(H,42,49)(H,43,47)/t29?,30-,31+,32?/m0/s1. The highest BCUT2D eigenvalue weighted by molar-refractivity contribution is 5.87. The van der Waals surface area contributed by atoms with E-state index in [1.807, 2.05) is 93.6 Å². The minimum Gasteiger partial charge on any atom is -0.453 e. The van der Waals surface area contributed by atoms with Gasteiger partial charge in [-0.25, -0.2) is 14.6 Å². The monoisotopic (exact) mass is 704 g/mol. The van der Waals surface area contributed by atoms with Gasteiger partial charge in [-0.1, -0.05) is 102 Å². The van der Waals surface area contributed by atoms with Gasteiger partial charge in [-0.15, -0.1) is 0 Å². The molecule has 3 aromatic rings. The van der Waals surface area contributed by atoms with Crippen molar-refractivity contribution in [2.45, 2.75) is 78.7 Å². The van der Waals surface area contributed by atoms with Gasteiger partial charge in [-0.2, -0.15) is 0 Å². The average Bonchev–Trinajstić information content (AvgIpc) is 3.08. The number of nitrogens with one attached hydrogen (secondary N) is 4. The summed E-state index contributed by atoms with van der Waals surface area (Å²) in [4.78, 5) is 56.3. The predicted octanol–water partition coefficient (Wildman–Crippen LogP) is 4.21. The Morgan fingerprint density at radius 1 is 0.725 bits per heavy atom. The second-order valence-electron chi connectivity index (χ2n) is 14.5. The largest absolute Gasteiger partial charge is 0.453 e. The number of hydrogen-bond donors (Lipinski definition) is 5. The van der Waals surface area contributed by atoms with Gasteiger partial charge in [0.25, 0.3) is 5.91 Å². The second-order valence-corrected chi connectivity index (χ2v) is 14.5. The molecule has 5 N–H and O–H groups in total. The molecule has 0 saturated carbocycles. The molecule has 0 radical (unpaired) electrons. The Kier molecular flexibility index (Phi) is 14.5. The molecule has 2 unspecified atom stereocenters. The van der Waals surface area contributed by atoms with Gasteiger partial charge in [0.2, 0.25) is 5.91 Å². The second kappa shape index (κ2) is 18.3. The van der Waals surface area contributed by atoms with Crippen LogP contribution < -0.4 is 21.4 Å². The topological polar surface area (TPSA) is 171 Å². The van der Waals surface area contributed by atoms with Gasteiger partial charge in [0, 0.05) is 24.8 Å². The lowest BCUT2D eigenvalue weighted by molar-refractivity contribution is -0.132. The number of benzene rings is 2. The number of methoxy groups -OCH3 is 2. The maximum Gasteiger partial charge on any atom is 0.407 e. The van der Waals surface area contributed by atoms with Gasteiger partial charge in [0.05, 0.1) is 32.1 Å². The lowest BCUT2D eigenvalue weighted by Gasteiger charge is -2.35. The van der Waals surface area contributed by atoms with E-state index in [0.717, 1.165) is 22.4 Å². The fourth-order valence-corrected chi connectivity index (χ4v) is 5.38. The number of aliphatic hydroxyl groups is 1. The molecule has 4 amide bonds. The minimum absolute atomic E-state index is 0.120. The van der Waals surface area contributed by atoms with Crippen LogP contribution in [0.2, 0.25) is 0 Å². The molecule has 2 aromatic carbocycles. The number of hydrazine groups is 1. The third kappa shape index (κ3) is 12.7. The van der Waals surface area contributed by atoms with Crippen LogP contribution in [-0.2, 0) is 32.0 Å². The summed E-state index contributed by atoms with van der Waals surface area (Å²) in [6.07, 6.45) is -0.778. The van der Waals surface area contributed by atoms with Crippen molar-refractivity contribution in [3.05, 3.63) is 90.1 Å². The Hall–Kier alpha value is -5.01. The number of pyridine rings is 1. The Bertz CT molecular complexity index is 1570. The molecule has 51 heavy (non-hydrogen) atoms. The summed E-state index contributed by atoms with van der Waals surface area (Å²) in [5.41, 5.74) is 4.88. The van der Waals surface area contributed by atoms with Crippen molar-refractivity contribution < 1.29 is 33.8 Å². The van der Waals surface area contributed by atoms with Crippen molar-refractivity contribution in [2.24, 2.45) is 10.8 Å². The van der Waals surface area contributed by atoms with Crippen molar-refractivity contribution in [3.8, 4) is 11.3 Å². The van der Waals surface area contributed by atoms with Crippen molar-refractivity contribution >= 4 is 24.0 Å². The number of alkyl carbamates (subject to hydrolysis) is 2. The molecule has 1 aromatic heterocycles. The van der Waals surface area contributed by atoms with Crippen LogP contribution in [0, 0.1) is 10.8 Å². The highest BCUT2D eigenvalue weighted by Crippen LogP contribution is 2.23. The Balaban J connectivity index is 1.96. The first-order chi connectivity index (χ1) is 24.0. The van der Waals surface area contributed by atoms with E-state index < -0.39 is 59.1 Å². The fraction of sp³-hybridized carbons (Fsp3) is 0.447. The van der Waals surface area contributed by atoms with E-state index in [0.29, 0.717) is 0 Å². The highest BCUT2D eigenvalue weighted by Gasteiger charge is 2.37. The van der Waals surface area contributed by atoms with Crippen LogP contribution in [0.1, 0.15) is 52.7 Å². The minimum atomic E-state index is -1.22. The molecule has 3 rings (SSSR count). The maximum absolute atomic E-state index is 13.8. The number of carbonyl (C=O) groups excluding carboxylic acids is 4. The lowest BCUT2D eigenvalue weighted by Crippen LogP contribution is -2.60. The van der Waals surface area contributed by atoms with E-state index in [1.54, 1.807) is 32.0 Å². The first kappa shape index (κ1) is 40.4. The van der Waals surface area contributed by atoms with Crippen LogP contribution >= 0.6 is 0 Å². The maximum atomic E-state index is 13.8. The zero-order valence-electron chi connectivity index (χ0n) is 30.7. The number of carbonyl (C=O) groups is 4. The molecule has 13 nitrogen and oxygen atoms in total. The van der Waals surface area contributed by atoms with Gasteiger partial charge in [-0.05, 0) is 40.5 Å². The number of aromatic nitrogens is 1. The van der Waals surface area contributed by atoms with Gasteiger partial charge < -0.3 is 30.5 Å². The van der Waals surface area contributed by atoms with Crippen molar-refractivity contribution in [2.75, 3.05) is 20.8 Å². The number of hydrogen-bond acceptors (Lipinski definition) is 9. The fourth-order valence-electron chi connectivity index (χ4n) is 5.38. The van der Waals surface area contributed by atoms with Crippen LogP contribution in [0.4, 0.5) is 9.59 Å². The Morgan fingerprint density at radius 2 is 1.27 bits per heavy atom. The third-order valence-corrected chi connectivity index (χ3v) is 8.21. The van der Waals surface area contributed by atoms with Crippen LogP contribution in [-0.4, -0.2) is 84.1 Å². The summed E-state index contributed by atoms with van der Waals surface area (Å²) in [6, 6.07) is 19.8. The predicted molar refractivity (Wildman–Crippen MR) is 194 cm³/mol. The summed E-state index contributed by atoms with van der Waals surface area (Å²) >= 11 is 0. The van der Waals surface area contributed by atoms with E-state index in [9.17, 15) is 24.3 Å². The summed E-state index contributed by atoms with van der Waals surface area (Å²) in [6.45, 7) is 10.9. The highest BCUT2D eigenvalue weighted by atomic mass is 16.5. The Labute approximate surface area is 300 Å². The molecule has 276 valence electrons. The molecular weight excluding hydrogens is 652 g/mol. The molecule has 0 aliphatic heterocycles. The van der Waals surface area contributed by atoms with Gasteiger partial charge in [-0.3, -0.25) is 20.0 Å². The number of amides is 4. The molecule has 0 aliphatic rings. The zero-order valence-corrected chi connectivity index (χ0v) is 30.7. The molecule has 1 heterocycles. The average molecular weight is 705 g/mol. The van der Waals surface area contributed by atoms with Crippen LogP contribution in [0.15, 0.2) is 79.0 Å². The normalized spacial score (nSPS) is 14.0. The van der Waals surface area contributed by atoms with Gasteiger partial charge >= 0.3 is 12.2 Å². The van der Waals surface area contributed by atoms with E-state index >= 15 is 0 Å². The summed E-state index contributed by atoms with van der Waals surface area (Å²) in [5.74, 6) is -1.03. The molecule has 4 atom stereocenters. The molecule has 13 heteroatoms. The quantitative estimate of drug-likeness (QED) is 0.154. The smallest absolute Gasteiger partial charge is 0.407 e. The van der Waals surface area contributed by atoms with Gasteiger partial charge in [0.1, 0.15) is 12.1 Å². The molecule has 0 fully saturated rings. The third-order valence-electron chi connectivity index (χ3n) is 8.21. The first-order valence-corrected chi connectivity index (χ1v) is 16.8. The van der Waals surface area contributed by atoms with E-state index in [-0.39, 0.29) is 19.5 Å². The molecule has 0 bridgehead atoms. The van der Waals surface area contributed by atoms with E-state index in [4.69, 9.17) is 9.47 Å². The van der Waals surface area contributed by atoms with Crippen LogP contribution in [0.5, 0.6) is 0 Å². The molecular formula is C38H52N6O7. The number of aliphatic hydroxyl groups excluding tert-OH is 1. The van der Waals surface area contributed by atoms with Gasteiger partial charge in [0.15, 0.2) is 0 Å². The molecule has 0 spiro atoms. The SMILES string of the molecule is COC(=O)NC(C(=O)NN(Cc1ccc(-c2ccccn2)cc1)C[C@H](O)C(Cc1ccccc1)NC(=O)[C@@H](NC(=O)OC)C(C)(C)C)C(C)(C)C. The summed E-state index contributed by atoms with van der Waals surface area (Å²) in [5, 5.41) is 21.6. The van der Waals surface area contributed by atoms with E-state index in [2.05, 4.69) is 26.4 Å². The van der Waals surface area contributed by atoms with E-state index in [1.165, 1.54) is 14.2 Å². The Morgan fingerprint density at radius 3 is 1.78 bits per heavy atom. The lowest BCUT2D eigenvalue weighted by atomic mass is 9.85. The van der Waals surface area contributed by atoms with Crippen molar-refractivity contribution in [3.63, 3.8) is 0 Å². The van der Waals surface area contributed by atoms with Crippen LogP contribution in [0.3, 0.4) is 0 Å². The molecule has 0 saturated heterocycles. The zero-order chi connectivity index (χ0) is 37.8. The first-order valence-electron chi connectivity index (χ1n) is 16.8. The van der Waals surface area contributed by atoms with Crippen molar-refractivity contribution in [1.82, 2.24) is 31.4 Å². The number of ether oxygens (including phenoxy) is 2. The van der Waals surface area contributed by atoms with Crippen molar-refractivity contribution in [1.29, 1.82) is 0 Å².